The molecule has 0 heterocycles. The molecule has 0 bridgehead atoms. The largest absolute Gasteiger partial charge is 0.317 e. The molecule has 0 aromatic rings. The normalized spacial score (nSPS) is 11.6. The van der Waals surface area contributed by atoms with E-state index in [4.69, 9.17) is 0 Å². The lowest BCUT2D eigenvalue weighted by Crippen LogP contribution is -2.25. The molecule has 0 atom stereocenters. The first-order valence-corrected chi connectivity index (χ1v) is 5.34. The van der Waals surface area contributed by atoms with E-state index < -0.39 is 6.43 Å². The average Bonchev–Trinajstić information content (AvgIpc) is 2.10. The van der Waals surface area contributed by atoms with Gasteiger partial charge in [-0.15, -0.1) is 0 Å². The van der Waals surface area contributed by atoms with Crippen molar-refractivity contribution in [3.05, 3.63) is 0 Å². The molecule has 0 saturated heterocycles. The molecule has 0 amide bonds. The number of rotatable bonds is 9. The van der Waals surface area contributed by atoms with Crippen LogP contribution in [0.4, 0.5) is 8.78 Å². The van der Waals surface area contributed by atoms with Crippen molar-refractivity contribution in [3.8, 4) is 0 Å². The monoisotopic (exact) mass is 208 g/mol. The average molecular weight is 208 g/mol. The predicted octanol–water partition coefficient (Wildman–Crippen LogP) is 1.96. The maximum absolute atomic E-state index is 11.9. The lowest BCUT2D eigenvalue weighted by atomic mass is 10.2. The van der Waals surface area contributed by atoms with Crippen LogP contribution < -0.4 is 5.32 Å². The van der Waals surface area contributed by atoms with E-state index in [1.54, 1.807) is 11.9 Å². The van der Waals surface area contributed by atoms with Crippen LogP contribution in [0.25, 0.3) is 0 Å². The van der Waals surface area contributed by atoms with E-state index in [1.165, 1.54) is 0 Å². The van der Waals surface area contributed by atoms with E-state index in [9.17, 15) is 8.78 Å². The first-order valence-electron chi connectivity index (χ1n) is 5.34. The molecule has 0 aliphatic carbocycles. The van der Waals surface area contributed by atoms with Gasteiger partial charge in [0.15, 0.2) is 0 Å². The third-order valence-electron chi connectivity index (χ3n) is 2.09. The minimum absolute atomic E-state index is 0.104. The fourth-order valence-corrected chi connectivity index (χ4v) is 1.31. The van der Waals surface area contributed by atoms with E-state index in [0.717, 1.165) is 38.9 Å². The first kappa shape index (κ1) is 13.8. The molecule has 4 heteroatoms. The summed E-state index contributed by atoms with van der Waals surface area (Å²) in [6.45, 7) is 4.79. The van der Waals surface area contributed by atoms with Crippen LogP contribution in [0.2, 0.25) is 0 Å². The molecule has 0 aromatic heterocycles. The van der Waals surface area contributed by atoms with Gasteiger partial charge in [0.05, 0.1) is 6.54 Å². The lowest BCUT2D eigenvalue weighted by Gasteiger charge is -2.15. The second-order valence-corrected chi connectivity index (χ2v) is 3.57. The Morgan fingerprint density at radius 3 is 2.50 bits per heavy atom. The molecular formula is C10H22F2N2. The number of nitrogens with zero attached hydrogens (tertiary/aromatic N) is 1. The Hall–Kier alpha value is -0.220. The molecule has 0 fully saturated rings. The van der Waals surface area contributed by atoms with E-state index in [-0.39, 0.29) is 6.54 Å². The zero-order valence-electron chi connectivity index (χ0n) is 9.23. The molecule has 0 aliphatic heterocycles. The van der Waals surface area contributed by atoms with Crippen LogP contribution in [-0.2, 0) is 0 Å². The minimum Gasteiger partial charge on any atom is -0.317 e. The highest BCUT2D eigenvalue weighted by atomic mass is 19.3. The predicted molar refractivity (Wildman–Crippen MR) is 55.9 cm³/mol. The van der Waals surface area contributed by atoms with Crippen molar-refractivity contribution in [2.75, 3.05) is 33.2 Å². The minimum atomic E-state index is -2.21. The smallest absolute Gasteiger partial charge is 0.251 e. The summed E-state index contributed by atoms with van der Waals surface area (Å²) < 4.78 is 23.8. The SMILES string of the molecule is CCNCCCCCN(C)CC(F)F. The van der Waals surface area contributed by atoms with Gasteiger partial charge >= 0.3 is 0 Å². The van der Waals surface area contributed by atoms with Crippen molar-refractivity contribution in [3.63, 3.8) is 0 Å². The molecule has 0 unspecified atom stereocenters. The van der Waals surface area contributed by atoms with Crippen LogP contribution in [0.3, 0.4) is 0 Å². The van der Waals surface area contributed by atoms with Crippen molar-refractivity contribution in [2.45, 2.75) is 32.6 Å². The maximum Gasteiger partial charge on any atom is 0.251 e. The highest BCUT2D eigenvalue weighted by Gasteiger charge is 2.06. The number of unbranched alkanes of at least 4 members (excludes halogenated alkanes) is 2. The number of nitrogens with one attached hydrogen (secondary N) is 1. The van der Waals surface area contributed by atoms with Gasteiger partial charge in [0.1, 0.15) is 0 Å². The number of hydrogen-bond acceptors (Lipinski definition) is 2. The van der Waals surface area contributed by atoms with Crippen LogP contribution >= 0.6 is 0 Å². The van der Waals surface area contributed by atoms with Crippen LogP contribution in [-0.4, -0.2) is 44.6 Å². The van der Waals surface area contributed by atoms with Gasteiger partial charge in [-0.3, -0.25) is 0 Å². The zero-order valence-corrected chi connectivity index (χ0v) is 9.23. The molecule has 0 aliphatic rings. The Labute approximate surface area is 85.7 Å². The molecule has 0 spiro atoms. The van der Waals surface area contributed by atoms with Crippen molar-refractivity contribution >= 4 is 0 Å². The Morgan fingerprint density at radius 1 is 1.21 bits per heavy atom. The fourth-order valence-electron chi connectivity index (χ4n) is 1.31. The van der Waals surface area contributed by atoms with Gasteiger partial charge in [-0.05, 0) is 39.5 Å². The van der Waals surface area contributed by atoms with Crippen LogP contribution in [0.15, 0.2) is 0 Å². The summed E-state index contributed by atoms with van der Waals surface area (Å²) >= 11 is 0. The molecule has 1 N–H and O–H groups in total. The standard InChI is InChI=1S/C10H22F2N2/c1-3-13-7-5-4-6-8-14(2)9-10(11)12/h10,13H,3-9H2,1-2H3. The van der Waals surface area contributed by atoms with Gasteiger partial charge in [-0.1, -0.05) is 13.3 Å². The highest BCUT2D eigenvalue weighted by Crippen LogP contribution is 2.00. The molecule has 86 valence electrons. The Balaban J connectivity index is 3.10. The summed E-state index contributed by atoms with van der Waals surface area (Å²) in [6, 6.07) is 0. The van der Waals surface area contributed by atoms with Gasteiger partial charge in [0.2, 0.25) is 0 Å². The van der Waals surface area contributed by atoms with Crippen LogP contribution in [0.1, 0.15) is 26.2 Å². The topological polar surface area (TPSA) is 15.3 Å². The summed E-state index contributed by atoms with van der Waals surface area (Å²) in [6.07, 6.45) is 1.05. The van der Waals surface area contributed by atoms with Crippen LogP contribution in [0.5, 0.6) is 0 Å². The molecule has 0 saturated carbocycles. The lowest BCUT2D eigenvalue weighted by molar-refractivity contribution is 0.0996. The molecule has 14 heavy (non-hydrogen) atoms. The van der Waals surface area contributed by atoms with Crippen molar-refractivity contribution in [1.82, 2.24) is 10.2 Å². The number of hydrogen-bond donors (Lipinski definition) is 1. The number of alkyl halides is 2. The van der Waals surface area contributed by atoms with Gasteiger partial charge in [-0.25, -0.2) is 8.78 Å². The summed E-state index contributed by atoms with van der Waals surface area (Å²) in [5.74, 6) is 0. The van der Waals surface area contributed by atoms with Gasteiger partial charge in [0.25, 0.3) is 6.43 Å². The maximum atomic E-state index is 11.9. The zero-order chi connectivity index (χ0) is 10.8. The van der Waals surface area contributed by atoms with Crippen molar-refractivity contribution in [1.29, 1.82) is 0 Å². The summed E-state index contributed by atoms with van der Waals surface area (Å²) in [7, 11) is 1.75. The Morgan fingerprint density at radius 2 is 1.93 bits per heavy atom. The molecular weight excluding hydrogens is 186 g/mol. The second-order valence-electron chi connectivity index (χ2n) is 3.57. The van der Waals surface area contributed by atoms with E-state index in [0.29, 0.717) is 0 Å². The van der Waals surface area contributed by atoms with Gasteiger partial charge in [-0.2, -0.15) is 0 Å². The Bertz CT molecular complexity index is 121. The van der Waals surface area contributed by atoms with Crippen molar-refractivity contribution in [2.24, 2.45) is 0 Å². The first-order chi connectivity index (χ1) is 6.66. The summed E-state index contributed by atoms with van der Waals surface area (Å²) in [5.41, 5.74) is 0. The van der Waals surface area contributed by atoms with Gasteiger partial charge in [0, 0.05) is 0 Å². The molecule has 0 radical (unpaired) electrons. The van der Waals surface area contributed by atoms with Gasteiger partial charge < -0.3 is 10.2 Å². The molecule has 2 nitrogen and oxygen atoms in total. The van der Waals surface area contributed by atoms with Crippen LogP contribution in [0, 0.1) is 0 Å². The fraction of sp³-hybridized carbons (Fsp3) is 1.00. The molecule has 0 aromatic carbocycles. The second kappa shape index (κ2) is 9.34. The van der Waals surface area contributed by atoms with E-state index in [1.807, 2.05) is 0 Å². The quantitative estimate of drug-likeness (QED) is 0.583. The summed E-state index contributed by atoms with van der Waals surface area (Å²) in [4.78, 5) is 1.69. The number of halogens is 2. The van der Waals surface area contributed by atoms with E-state index >= 15 is 0 Å². The third-order valence-corrected chi connectivity index (χ3v) is 2.09. The third kappa shape index (κ3) is 9.86. The summed E-state index contributed by atoms with van der Waals surface area (Å²) in [5, 5.41) is 3.23. The van der Waals surface area contributed by atoms with Crippen molar-refractivity contribution < 1.29 is 8.78 Å². The molecule has 0 rings (SSSR count). The van der Waals surface area contributed by atoms with E-state index in [2.05, 4.69) is 12.2 Å². The highest BCUT2D eigenvalue weighted by molar-refractivity contribution is 4.54. The Kier molecular flexibility index (Phi) is 9.19.